The average Bonchev–Trinajstić information content (AvgIpc) is 3.19. The maximum absolute atomic E-state index is 12.3. The van der Waals surface area contributed by atoms with E-state index >= 15 is 0 Å². The minimum atomic E-state index is -0.0909. The quantitative estimate of drug-likeness (QED) is 0.482. The van der Waals surface area contributed by atoms with Crippen molar-refractivity contribution in [1.29, 1.82) is 0 Å². The molecule has 2 N–H and O–H groups in total. The molecule has 2 heterocycles. The van der Waals surface area contributed by atoms with Crippen LogP contribution in [0, 0.1) is 0 Å². The Kier molecular flexibility index (Phi) is 5.40. The summed E-state index contributed by atoms with van der Waals surface area (Å²) in [6, 6.07) is 21.4. The minimum absolute atomic E-state index is 0.0909. The van der Waals surface area contributed by atoms with Crippen molar-refractivity contribution in [1.82, 2.24) is 9.97 Å². The van der Waals surface area contributed by atoms with E-state index in [9.17, 15) is 4.79 Å². The number of thiazole rings is 1. The molecule has 28 heavy (non-hydrogen) atoms. The van der Waals surface area contributed by atoms with Crippen LogP contribution in [0.1, 0.15) is 5.69 Å². The van der Waals surface area contributed by atoms with Crippen LogP contribution in [0.25, 0.3) is 10.6 Å². The predicted octanol–water partition coefficient (Wildman–Crippen LogP) is 5.13. The van der Waals surface area contributed by atoms with Gasteiger partial charge in [-0.05, 0) is 48.5 Å². The molecule has 0 saturated heterocycles. The lowest BCUT2D eigenvalue weighted by atomic mass is 10.2. The fourth-order valence-electron chi connectivity index (χ4n) is 2.70. The van der Waals surface area contributed by atoms with Crippen LogP contribution in [0.4, 0.5) is 17.1 Å². The molecule has 138 valence electrons. The molecule has 0 radical (unpaired) electrons. The number of benzene rings is 2. The Hall–Kier alpha value is -3.51. The lowest BCUT2D eigenvalue weighted by Gasteiger charge is -2.08. The zero-order valence-corrected chi connectivity index (χ0v) is 15.8. The van der Waals surface area contributed by atoms with Gasteiger partial charge in [-0.15, -0.1) is 11.3 Å². The molecule has 0 bridgehead atoms. The molecule has 4 rings (SSSR count). The second-order valence-corrected chi connectivity index (χ2v) is 7.04. The lowest BCUT2D eigenvalue weighted by molar-refractivity contribution is -0.115. The van der Waals surface area contributed by atoms with Gasteiger partial charge < -0.3 is 10.6 Å². The minimum Gasteiger partial charge on any atom is -0.356 e. The fourth-order valence-corrected chi connectivity index (χ4v) is 3.52. The Morgan fingerprint density at radius 2 is 1.64 bits per heavy atom. The number of rotatable bonds is 6. The summed E-state index contributed by atoms with van der Waals surface area (Å²) in [4.78, 5) is 21.0. The van der Waals surface area contributed by atoms with Crippen molar-refractivity contribution in [3.63, 3.8) is 0 Å². The maximum atomic E-state index is 12.3. The van der Waals surface area contributed by atoms with Crippen molar-refractivity contribution in [3.8, 4) is 10.6 Å². The molecule has 0 saturated carbocycles. The zero-order chi connectivity index (χ0) is 19.2. The molecular formula is C22H18N4OS. The molecule has 2 aromatic carbocycles. The van der Waals surface area contributed by atoms with E-state index in [4.69, 9.17) is 0 Å². The highest BCUT2D eigenvalue weighted by Crippen LogP contribution is 2.23. The van der Waals surface area contributed by atoms with E-state index in [-0.39, 0.29) is 12.3 Å². The van der Waals surface area contributed by atoms with Gasteiger partial charge in [-0.1, -0.05) is 18.2 Å². The maximum Gasteiger partial charge on any atom is 0.230 e. The highest BCUT2D eigenvalue weighted by molar-refractivity contribution is 7.13. The fraction of sp³-hybridized carbons (Fsp3) is 0.0455. The molecule has 2 aromatic heterocycles. The molecule has 0 aliphatic heterocycles. The van der Waals surface area contributed by atoms with E-state index in [1.54, 1.807) is 12.4 Å². The normalized spacial score (nSPS) is 10.4. The van der Waals surface area contributed by atoms with Crippen molar-refractivity contribution >= 4 is 34.3 Å². The van der Waals surface area contributed by atoms with Crippen LogP contribution in [0.15, 0.2) is 84.5 Å². The number of para-hydroxylation sites is 1. The third kappa shape index (κ3) is 4.61. The van der Waals surface area contributed by atoms with Gasteiger partial charge in [0.2, 0.25) is 5.91 Å². The van der Waals surface area contributed by atoms with Crippen LogP contribution in [-0.4, -0.2) is 15.9 Å². The number of carbonyl (C=O) groups is 1. The lowest BCUT2D eigenvalue weighted by Crippen LogP contribution is -2.14. The van der Waals surface area contributed by atoms with Gasteiger partial charge in [0, 0.05) is 40.4 Å². The molecule has 4 aromatic rings. The summed E-state index contributed by atoms with van der Waals surface area (Å²) in [5.74, 6) is -0.0909. The summed E-state index contributed by atoms with van der Waals surface area (Å²) in [6.07, 6.45) is 3.74. The summed E-state index contributed by atoms with van der Waals surface area (Å²) >= 11 is 1.51. The first-order valence-electron chi connectivity index (χ1n) is 8.83. The highest BCUT2D eigenvalue weighted by Gasteiger charge is 2.09. The molecule has 5 nitrogen and oxygen atoms in total. The predicted molar refractivity (Wildman–Crippen MR) is 114 cm³/mol. The van der Waals surface area contributed by atoms with Crippen molar-refractivity contribution in [2.24, 2.45) is 0 Å². The van der Waals surface area contributed by atoms with Gasteiger partial charge in [0.1, 0.15) is 5.01 Å². The van der Waals surface area contributed by atoms with Crippen LogP contribution < -0.4 is 10.6 Å². The number of anilines is 3. The van der Waals surface area contributed by atoms with Crippen LogP contribution >= 0.6 is 11.3 Å². The van der Waals surface area contributed by atoms with E-state index in [0.717, 1.165) is 33.3 Å². The second-order valence-electron chi connectivity index (χ2n) is 6.18. The summed E-state index contributed by atoms with van der Waals surface area (Å²) in [7, 11) is 0. The van der Waals surface area contributed by atoms with E-state index in [0.29, 0.717) is 0 Å². The van der Waals surface area contributed by atoms with Gasteiger partial charge in [0.25, 0.3) is 0 Å². The summed E-state index contributed by atoms with van der Waals surface area (Å²) in [5, 5.41) is 9.01. The smallest absolute Gasteiger partial charge is 0.230 e. The van der Waals surface area contributed by atoms with Crippen molar-refractivity contribution in [2.45, 2.75) is 6.42 Å². The van der Waals surface area contributed by atoms with Crippen molar-refractivity contribution in [3.05, 3.63) is 90.2 Å². The van der Waals surface area contributed by atoms with Crippen molar-refractivity contribution in [2.75, 3.05) is 10.6 Å². The van der Waals surface area contributed by atoms with Crippen LogP contribution in [0.3, 0.4) is 0 Å². The van der Waals surface area contributed by atoms with Crippen LogP contribution in [0.5, 0.6) is 0 Å². The molecule has 6 heteroatoms. The molecule has 0 fully saturated rings. The van der Waals surface area contributed by atoms with Gasteiger partial charge in [0.05, 0.1) is 12.1 Å². The zero-order valence-electron chi connectivity index (χ0n) is 15.0. The molecule has 0 unspecified atom stereocenters. The van der Waals surface area contributed by atoms with Crippen LogP contribution in [0.2, 0.25) is 0 Å². The van der Waals surface area contributed by atoms with Gasteiger partial charge in [-0.3, -0.25) is 9.78 Å². The van der Waals surface area contributed by atoms with E-state index in [1.165, 1.54) is 11.3 Å². The van der Waals surface area contributed by atoms with Gasteiger partial charge in [-0.2, -0.15) is 0 Å². The third-order valence-corrected chi connectivity index (χ3v) is 4.97. The first-order chi connectivity index (χ1) is 13.8. The number of pyridine rings is 1. The van der Waals surface area contributed by atoms with Gasteiger partial charge in [0.15, 0.2) is 0 Å². The Balaban J connectivity index is 1.34. The summed E-state index contributed by atoms with van der Waals surface area (Å²) < 4.78 is 0. The number of hydrogen-bond acceptors (Lipinski definition) is 5. The number of amides is 1. The first kappa shape index (κ1) is 17.9. The van der Waals surface area contributed by atoms with Crippen molar-refractivity contribution < 1.29 is 4.79 Å². The molecule has 1 amide bonds. The van der Waals surface area contributed by atoms with Gasteiger partial charge in [-0.25, -0.2) is 4.98 Å². The molecule has 0 spiro atoms. The SMILES string of the molecule is O=C(Cc1csc(-c2cccnc2)n1)Nc1ccc(Nc2ccccc2)cc1. The van der Waals surface area contributed by atoms with Crippen LogP contribution in [-0.2, 0) is 11.2 Å². The Morgan fingerprint density at radius 1 is 0.893 bits per heavy atom. The molecule has 0 aliphatic rings. The Morgan fingerprint density at radius 3 is 2.39 bits per heavy atom. The monoisotopic (exact) mass is 386 g/mol. The topological polar surface area (TPSA) is 66.9 Å². The van der Waals surface area contributed by atoms with E-state index < -0.39 is 0 Å². The largest absolute Gasteiger partial charge is 0.356 e. The number of hydrogen-bond donors (Lipinski definition) is 2. The highest BCUT2D eigenvalue weighted by atomic mass is 32.1. The summed E-state index contributed by atoms with van der Waals surface area (Å²) in [5.41, 5.74) is 4.45. The standard InChI is InChI=1S/C22H18N4OS/c27-21(13-20-15-28-22(26-20)16-5-4-12-23-14-16)25-19-10-8-18(9-11-19)24-17-6-2-1-3-7-17/h1-12,14-15,24H,13H2,(H,25,27). The van der Waals surface area contributed by atoms with E-state index in [1.807, 2.05) is 72.1 Å². The number of nitrogens with one attached hydrogen (secondary N) is 2. The Labute approximate surface area is 167 Å². The second kappa shape index (κ2) is 8.45. The number of carbonyl (C=O) groups excluding carboxylic acids is 1. The molecular weight excluding hydrogens is 368 g/mol. The average molecular weight is 386 g/mol. The third-order valence-electron chi connectivity index (χ3n) is 4.03. The Bertz CT molecular complexity index is 1050. The van der Waals surface area contributed by atoms with Gasteiger partial charge >= 0.3 is 0 Å². The number of aromatic nitrogens is 2. The summed E-state index contributed by atoms with van der Waals surface area (Å²) in [6.45, 7) is 0. The van der Waals surface area contributed by atoms with E-state index in [2.05, 4.69) is 20.6 Å². The first-order valence-corrected chi connectivity index (χ1v) is 9.71. The number of nitrogens with zero attached hydrogens (tertiary/aromatic N) is 2. The molecule has 0 aliphatic carbocycles. The molecule has 0 atom stereocenters.